The van der Waals surface area contributed by atoms with Gasteiger partial charge in [-0.3, -0.25) is 19.0 Å². The Bertz CT molecular complexity index is 1230. The maximum Gasteiger partial charge on any atom is 0.279 e. The van der Waals surface area contributed by atoms with Crippen LogP contribution in [-0.4, -0.2) is 36.9 Å². The van der Waals surface area contributed by atoms with Crippen molar-refractivity contribution >= 4 is 16.8 Å². The van der Waals surface area contributed by atoms with Crippen LogP contribution in [0.3, 0.4) is 0 Å². The Kier molecular flexibility index (Phi) is 4.69. The Hall–Kier alpha value is -3.29. The normalized spacial score (nSPS) is 19.6. The van der Waals surface area contributed by atoms with E-state index in [4.69, 9.17) is 4.98 Å². The van der Waals surface area contributed by atoms with Gasteiger partial charge in [0.1, 0.15) is 5.82 Å². The van der Waals surface area contributed by atoms with Crippen molar-refractivity contribution in [3.05, 3.63) is 68.9 Å². The summed E-state index contributed by atoms with van der Waals surface area (Å²) in [6.07, 6.45) is 8.34. The number of likely N-dealkylation sites (tertiary alicyclic amines) is 1. The number of carbonyl (C=O) groups excluding carboxylic acids is 1. The molecule has 30 heavy (non-hydrogen) atoms. The minimum atomic E-state index is -0.507. The van der Waals surface area contributed by atoms with E-state index in [0.29, 0.717) is 29.7 Å². The van der Waals surface area contributed by atoms with E-state index in [9.17, 15) is 14.4 Å². The molecule has 2 aliphatic rings. The van der Waals surface area contributed by atoms with Gasteiger partial charge in [-0.1, -0.05) is 25.0 Å². The number of aromatic nitrogens is 4. The summed E-state index contributed by atoms with van der Waals surface area (Å²) in [6, 6.07) is 7.11. The van der Waals surface area contributed by atoms with Crippen LogP contribution in [0.15, 0.2) is 46.2 Å². The third-order valence-corrected chi connectivity index (χ3v) is 6.25. The Labute approximate surface area is 172 Å². The van der Waals surface area contributed by atoms with E-state index in [1.54, 1.807) is 4.90 Å². The highest BCUT2D eigenvalue weighted by Crippen LogP contribution is 2.36. The van der Waals surface area contributed by atoms with Gasteiger partial charge < -0.3 is 9.88 Å². The third kappa shape index (κ3) is 3.03. The summed E-state index contributed by atoms with van der Waals surface area (Å²) >= 11 is 0. The van der Waals surface area contributed by atoms with E-state index < -0.39 is 11.5 Å². The van der Waals surface area contributed by atoms with Crippen molar-refractivity contribution in [2.45, 2.75) is 50.6 Å². The summed E-state index contributed by atoms with van der Waals surface area (Å²) in [5.74, 6) is 0.212. The Morgan fingerprint density at radius 2 is 1.87 bits per heavy atom. The van der Waals surface area contributed by atoms with E-state index in [2.05, 4.69) is 9.97 Å². The van der Waals surface area contributed by atoms with Crippen LogP contribution in [0.25, 0.3) is 10.9 Å². The highest BCUT2D eigenvalue weighted by Gasteiger charge is 2.37. The summed E-state index contributed by atoms with van der Waals surface area (Å²) in [7, 11) is 0. The predicted molar refractivity (Wildman–Crippen MR) is 111 cm³/mol. The number of amides is 1. The lowest BCUT2D eigenvalue weighted by molar-refractivity contribution is 0.0717. The highest BCUT2D eigenvalue weighted by molar-refractivity contribution is 5.92. The Balaban J connectivity index is 1.65. The van der Waals surface area contributed by atoms with Crippen LogP contribution in [0.1, 0.15) is 66.9 Å². The molecular weight excluding hydrogens is 382 g/mol. The van der Waals surface area contributed by atoms with Crippen molar-refractivity contribution in [2.75, 3.05) is 6.54 Å². The van der Waals surface area contributed by atoms with Gasteiger partial charge in [0.2, 0.25) is 0 Å². The maximum absolute atomic E-state index is 13.4. The first-order chi connectivity index (χ1) is 14.6. The zero-order valence-electron chi connectivity index (χ0n) is 16.6. The second-order valence-electron chi connectivity index (χ2n) is 8.02. The van der Waals surface area contributed by atoms with E-state index >= 15 is 0 Å². The maximum atomic E-state index is 13.4. The summed E-state index contributed by atoms with van der Waals surface area (Å²) in [5.41, 5.74) is -0.0352. The van der Waals surface area contributed by atoms with Gasteiger partial charge in [0.25, 0.3) is 17.0 Å². The molecule has 2 fully saturated rings. The number of H-pyrrole nitrogens is 1. The summed E-state index contributed by atoms with van der Waals surface area (Å²) in [6.45, 7) is 0.507. The second kappa shape index (κ2) is 7.51. The largest absolute Gasteiger partial charge is 0.327 e. The number of carbonyl (C=O) groups is 1. The summed E-state index contributed by atoms with van der Waals surface area (Å²) in [4.78, 5) is 51.8. The Morgan fingerprint density at radius 1 is 1.07 bits per heavy atom. The molecule has 1 atom stereocenters. The molecule has 154 valence electrons. The summed E-state index contributed by atoms with van der Waals surface area (Å²) < 4.78 is 1.83. The van der Waals surface area contributed by atoms with Crippen molar-refractivity contribution < 1.29 is 4.79 Å². The molecule has 1 saturated heterocycles. The minimum absolute atomic E-state index is 0.0440. The quantitative estimate of drug-likeness (QED) is 0.722. The average Bonchev–Trinajstić information content (AvgIpc) is 3.46. The first kappa shape index (κ1) is 18.7. The fourth-order valence-electron chi connectivity index (χ4n) is 4.83. The Morgan fingerprint density at radius 3 is 2.67 bits per heavy atom. The fraction of sp³-hybridized carbons (Fsp3) is 0.409. The molecule has 0 spiro atoms. The van der Waals surface area contributed by atoms with E-state index in [0.717, 1.165) is 32.1 Å². The molecule has 0 bridgehead atoms. The van der Waals surface area contributed by atoms with Crippen molar-refractivity contribution in [3.63, 3.8) is 0 Å². The highest BCUT2D eigenvalue weighted by atomic mass is 16.2. The number of rotatable bonds is 3. The molecule has 1 aliphatic heterocycles. The first-order valence-corrected chi connectivity index (χ1v) is 10.5. The first-order valence-electron chi connectivity index (χ1n) is 10.5. The smallest absolute Gasteiger partial charge is 0.279 e. The number of hydrogen-bond acceptors (Lipinski definition) is 5. The molecular formula is C22H23N5O3. The molecule has 1 amide bonds. The van der Waals surface area contributed by atoms with Crippen molar-refractivity contribution in [3.8, 4) is 0 Å². The van der Waals surface area contributed by atoms with E-state index in [1.807, 2.05) is 28.8 Å². The van der Waals surface area contributed by atoms with Crippen molar-refractivity contribution in [2.24, 2.45) is 0 Å². The van der Waals surface area contributed by atoms with Crippen molar-refractivity contribution in [1.82, 2.24) is 24.4 Å². The van der Waals surface area contributed by atoms with Crippen LogP contribution in [0.5, 0.6) is 0 Å². The van der Waals surface area contributed by atoms with Crippen molar-refractivity contribution in [1.29, 1.82) is 0 Å². The lowest BCUT2D eigenvalue weighted by Gasteiger charge is -2.28. The number of para-hydroxylation sites is 1. The number of aromatic amines is 1. The zero-order valence-corrected chi connectivity index (χ0v) is 16.6. The SMILES string of the molecule is O=C(c1ncc[nH]c1=O)N1CCCC1c1nc2ccccc2c(=O)n1C1CCCC1. The number of benzene rings is 1. The molecule has 0 radical (unpaired) electrons. The summed E-state index contributed by atoms with van der Waals surface area (Å²) in [5, 5.41) is 0.602. The van der Waals surface area contributed by atoms with Crippen LogP contribution < -0.4 is 11.1 Å². The monoisotopic (exact) mass is 405 g/mol. The predicted octanol–water partition coefficient (Wildman–Crippen LogP) is 2.57. The number of hydrogen-bond donors (Lipinski definition) is 1. The molecule has 1 N–H and O–H groups in total. The van der Waals surface area contributed by atoms with Crippen LogP contribution in [-0.2, 0) is 0 Å². The molecule has 1 aromatic carbocycles. The van der Waals surface area contributed by atoms with Crippen LogP contribution >= 0.6 is 0 Å². The molecule has 1 aliphatic carbocycles. The van der Waals surface area contributed by atoms with Gasteiger partial charge in [-0.15, -0.1) is 0 Å². The molecule has 3 heterocycles. The van der Waals surface area contributed by atoms with Gasteiger partial charge in [0.15, 0.2) is 5.69 Å². The standard InChI is InChI=1S/C22H23N5O3/c28-20-18(23-11-12-24-20)22(30)26-13-5-10-17(26)19-25-16-9-4-3-8-15(16)21(29)27(19)14-6-1-2-7-14/h3-4,8-9,11-12,14,17H,1-2,5-7,10,13H2,(H,24,28). The van der Waals surface area contributed by atoms with Gasteiger partial charge in [0.05, 0.1) is 16.9 Å². The lowest BCUT2D eigenvalue weighted by atomic mass is 10.1. The molecule has 8 heteroatoms. The van der Waals surface area contributed by atoms with Gasteiger partial charge in [-0.2, -0.15) is 0 Å². The molecule has 8 nitrogen and oxygen atoms in total. The third-order valence-electron chi connectivity index (χ3n) is 6.25. The number of fused-ring (bicyclic) bond motifs is 1. The van der Waals surface area contributed by atoms with Crippen LogP contribution in [0.2, 0.25) is 0 Å². The topological polar surface area (TPSA) is 101 Å². The van der Waals surface area contributed by atoms with E-state index in [1.165, 1.54) is 12.4 Å². The molecule has 1 unspecified atom stereocenters. The lowest BCUT2D eigenvalue weighted by Crippen LogP contribution is -2.39. The number of nitrogens with zero attached hydrogens (tertiary/aromatic N) is 4. The fourth-order valence-corrected chi connectivity index (χ4v) is 4.83. The molecule has 1 saturated carbocycles. The van der Waals surface area contributed by atoms with Gasteiger partial charge in [-0.25, -0.2) is 9.97 Å². The second-order valence-corrected chi connectivity index (χ2v) is 8.02. The van der Waals surface area contributed by atoms with Crippen LogP contribution in [0.4, 0.5) is 0 Å². The van der Waals surface area contributed by atoms with Gasteiger partial charge in [-0.05, 0) is 37.8 Å². The molecule has 5 rings (SSSR count). The minimum Gasteiger partial charge on any atom is -0.327 e. The van der Waals surface area contributed by atoms with Gasteiger partial charge >= 0.3 is 0 Å². The molecule has 3 aromatic rings. The number of nitrogens with one attached hydrogen (secondary N) is 1. The van der Waals surface area contributed by atoms with Crippen LogP contribution in [0, 0.1) is 0 Å². The zero-order chi connectivity index (χ0) is 20.7. The van der Waals surface area contributed by atoms with Gasteiger partial charge in [0, 0.05) is 25.0 Å². The molecule has 2 aromatic heterocycles. The average molecular weight is 405 g/mol. The van der Waals surface area contributed by atoms with E-state index in [-0.39, 0.29) is 23.3 Å².